The molecule has 0 aliphatic carbocycles. The molecule has 2 N–H and O–H groups in total. The zero-order valence-electron chi connectivity index (χ0n) is 13.5. The molecule has 2 aromatic rings. The number of carbonyl (C=O) groups excluding carboxylic acids is 2. The molecule has 24 heavy (non-hydrogen) atoms. The van der Waals surface area contributed by atoms with Crippen molar-refractivity contribution in [3.63, 3.8) is 0 Å². The highest BCUT2D eigenvalue weighted by Crippen LogP contribution is 2.14. The van der Waals surface area contributed by atoms with E-state index in [1.54, 1.807) is 44.4 Å². The van der Waals surface area contributed by atoms with E-state index in [9.17, 15) is 9.59 Å². The summed E-state index contributed by atoms with van der Waals surface area (Å²) in [6.07, 6.45) is 0.0587. The molecule has 0 fully saturated rings. The van der Waals surface area contributed by atoms with Crippen molar-refractivity contribution in [1.29, 1.82) is 0 Å². The number of nitrogens with zero attached hydrogens (tertiary/aromatic N) is 1. The first-order chi connectivity index (χ1) is 11.6. The maximum absolute atomic E-state index is 11.7. The number of benzene rings is 1. The molecule has 0 radical (unpaired) electrons. The molecule has 8 heteroatoms. The van der Waals surface area contributed by atoms with Crippen LogP contribution < -0.4 is 15.4 Å². The van der Waals surface area contributed by atoms with Crippen molar-refractivity contribution < 1.29 is 23.6 Å². The topological polar surface area (TPSA) is 103 Å². The Balaban J connectivity index is 1.63. The summed E-state index contributed by atoms with van der Waals surface area (Å²) in [6.45, 7) is 1.97. The van der Waals surface area contributed by atoms with E-state index < -0.39 is 12.0 Å². The van der Waals surface area contributed by atoms with E-state index >= 15 is 0 Å². The smallest absolute Gasteiger partial charge is 0.319 e. The molecular weight excluding hydrogens is 314 g/mol. The van der Waals surface area contributed by atoms with Gasteiger partial charge in [0.1, 0.15) is 5.75 Å². The number of hydrogen-bond acceptors (Lipinski definition) is 6. The summed E-state index contributed by atoms with van der Waals surface area (Å²) in [4.78, 5) is 23.3. The first-order valence-electron chi connectivity index (χ1n) is 7.33. The van der Waals surface area contributed by atoms with Gasteiger partial charge in [-0.1, -0.05) is 5.16 Å². The summed E-state index contributed by atoms with van der Waals surface area (Å²) in [5.41, 5.74) is 1.34. The summed E-state index contributed by atoms with van der Waals surface area (Å²) in [5.74, 6) is 0.741. The van der Waals surface area contributed by atoms with Gasteiger partial charge in [-0.2, -0.15) is 0 Å². The molecule has 0 spiro atoms. The minimum atomic E-state index is -0.436. The minimum Gasteiger partial charge on any atom is -0.497 e. The van der Waals surface area contributed by atoms with Crippen molar-refractivity contribution in [2.75, 3.05) is 19.0 Å². The number of rotatable bonds is 7. The van der Waals surface area contributed by atoms with Crippen LogP contribution in [0, 0.1) is 6.92 Å². The summed E-state index contributed by atoms with van der Waals surface area (Å²) in [6, 6.07) is 8.18. The van der Waals surface area contributed by atoms with E-state index in [1.165, 1.54) is 0 Å². The van der Waals surface area contributed by atoms with E-state index in [0.29, 0.717) is 17.2 Å². The summed E-state index contributed by atoms with van der Waals surface area (Å²) >= 11 is 0. The zero-order valence-corrected chi connectivity index (χ0v) is 13.5. The van der Waals surface area contributed by atoms with Crippen LogP contribution in [0.4, 0.5) is 10.5 Å². The van der Waals surface area contributed by atoms with Crippen LogP contribution in [0.25, 0.3) is 0 Å². The molecule has 0 atom stereocenters. The molecule has 2 amide bonds. The van der Waals surface area contributed by atoms with Crippen LogP contribution in [-0.2, 0) is 16.1 Å². The SMILES string of the molecule is COc1ccc(NC(=O)NCCC(=O)OCc2cc(C)no2)cc1. The number of esters is 1. The number of ether oxygens (including phenoxy) is 2. The van der Waals surface area contributed by atoms with Gasteiger partial charge < -0.3 is 24.6 Å². The fourth-order valence-corrected chi connectivity index (χ4v) is 1.84. The van der Waals surface area contributed by atoms with E-state index in [2.05, 4.69) is 15.8 Å². The highest BCUT2D eigenvalue weighted by molar-refractivity contribution is 5.89. The van der Waals surface area contributed by atoms with Crippen molar-refractivity contribution in [3.8, 4) is 5.75 Å². The number of methoxy groups -OCH3 is 1. The molecule has 0 aliphatic heterocycles. The van der Waals surface area contributed by atoms with Gasteiger partial charge in [-0.05, 0) is 31.2 Å². The largest absolute Gasteiger partial charge is 0.497 e. The van der Waals surface area contributed by atoms with Crippen LogP contribution in [0.1, 0.15) is 17.9 Å². The Morgan fingerprint density at radius 1 is 1.25 bits per heavy atom. The van der Waals surface area contributed by atoms with Gasteiger partial charge in [-0.15, -0.1) is 0 Å². The predicted octanol–water partition coefficient (Wildman–Crippen LogP) is 2.25. The zero-order chi connectivity index (χ0) is 17.4. The van der Waals surface area contributed by atoms with Gasteiger partial charge in [0.2, 0.25) is 0 Å². The van der Waals surface area contributed by atoms with Crippen LogP contribution in [0.2, 0.25) is 0 Å². The monoisotopic (exact) mass is 333 g/mol. The van der Waals surface area contributed by atoms with Crippen LogP contribution in [0.15, 0.2) is 34.9 Å². The Bertz CT molecular complexity index is 681. The molecule has 128 valence electrons. The van der Waals surface area contributed by atoms with Gasteiger partial charge >= 0.3 is 12.0 Å². The third-order valence-electron chi connectivity index (χ3n) is 3.01. The molecule has 1 aromatic carbocycles. The van der Waals surface area contributed by atoms with E-state index in [4.69, 9.17) is 14.0 Å². The highest BCUT2D eigenvalue weighted by atomic mass is 16.5. The third-order valence-corrected chi connectivity index (χ3v) is 3.01. The molecule has 8 nitrogen and oxygen atoms in total. The fraction of sp³-hybridized carbons (Fsp3) is 0.312. The first kappa shape index (κ1) is 17.3. The first-order valence-corrected chi connectivity index (χ1v) is 7.33. The van der Waals surface area contributed by atoms with Gasteiger partial charge in [0, 0.05) is 18.3 Å². The average Bonchev–Trinajstić information content (AvgIpc) is 2.99. The van der Waals surface area contributed by atoms with Crippen LogP contribution in [-0.4, -0.2) is 30.8 Å². The summed E-state index contributed by atoms with van der Waals surface area (Å²) in [7, 11) is 1.57. The summed E-state index contributed by atoms with van der Waals surface area (Å²) in [5, 5.41) is 8.91. The normalized spacial score (nSPS) is 10.1. The van der Waals surface area contributed by atoms with Gasteiger partial charge in [-0.3, -0.25) is 4.79 Å². The van der Waals surface area contributed by atoms with Crippen LogP contribution in [0.5, 0.6) is 5.75 Å². The molecule has 0 bridgehead atoms. The second kappa shape index (κ2) is 8.56. The van der Waals surface area contributed by atoms with Crippen LogP contribution >= 0.6 is 0 Å². The Hall–Kier alpha value is -3.03. The summed E-state index contributed by atoms with van der Waals surface area (Å²) < 4.78 is 15.0. The average molecular weight is 333 g/mol. The number of aryl methyl sites for hydroxylation is 1. The minimum absolute atomic E-state index is 0.0255. The standard InChI is InChI=1S/C16H19N3O5/c1-11-9-14(24-19-11)10-23-15(20)7-8-17-16(21)18-12-3-5-13(22-2)6-4-12/h3-6,9H,7-8,10H2,1-2H3,(H2,17,18,21). The molecule has 2 rings (SSSR count). The van der Waals surface area contributed by atoms with Gasteiger partial charge in [0.15, 0.2) is 12.4 Å². The van der Waals surface area contributed by atoms with Crippen LogP contribution in [0.3, 0.4) is 0 Å². The number of anilines is 1. The lowest BCUT2D eigenvalue weighted by atomic mass is 10.3. The lowest BCUT2D eigenvalue weighted by Crippen LogP contribution is -2.30. The number of aromatic nitrogens is 1. The quantitative estimate of drug-likeness (QED) is 0.753. The number of amides is 2. The van der Waals surface area contributed by atoms with Gasteiger partial charge in [0.05, 0.1) is 19.2 Å². The number of urea groups is 1. The predicted molar refractivity (Wildman–Crippen MR) is 85.7 cm³/mol. The molecule has 0 aliphatic rings. The Morgan fingerprint density at radius 3 is 2.62 bits per heavy atom. The Morgan fingerprint density at radius 2 is 2.00 bits per heavy atom. The molecule has 0 unspecified atom stereocenters. The molecule has 1 heterocycles. The van der Waals surface area contributed by atoms with E-state index in [-0.39, 0.29) is 19.6 Å². The molecular formula is C16H19N3O5. The second-order valence-electron chi connectivity index (χ2n) is 4.95. The molecule has 0 saturated heterocycles. The number of hydrogen-bond donors (Lipinski definition) is 2. The maximum atomic E-state index is 11.7. The molecule has 0 saturated carbocycles. The van der Waals surface area contributed by atoms with Crippen molar-refractivity contribution in [3.05, 3.63) is 41.8 Å². The Kier molecular flexibility index (Phi) is 6.18. The van der Waals surface area contributed by atoms with Crippen molar-refractivity contribution in [2.24, 2.45) is 0 Å². The fourth-order valence-electron chi connectivity index (χ4n) is 1.84. The Labute approximate surface area is 139 Å². The third kappa shape index (κ3) is 5.64. The molecule has 1 aromatic heterocycles. The van der Waals surface area contributed by atoms with Gasteiger partial charge in [-0.25, -0.2) is 4.79 Å². The van der Waals surface area contributed by atoms with E-state index in [1.807, 2.05) is 0 Å². The number of carbonyl (C=O) groups is 2. The van der Waals surface area contributed by atoms with Gasteiger partial charge in [0.25, 0.3) is 0 Å². The number of nitrogens with one attached hydrogen (secondary N) is 2. The second-order valence-corrected chi connectivity index (χ2v) is 4.95. The lowest BCUT2D eigenvalue weighted by Gasteiger charge is -2.08. The van der Waals surface area contributed by atoms with Crippen molar-refractivity contribution in [1.82, 2.24) is 10.5 Å². The maximum Gasteiger partial charge on any atom is 0.319 e. The highest BCUT2D eigenvalue weighted by Gasteiger charge is 2.08. The lowest BCUT2D eigenvalue weighted by molar-refractivity contribution is -0.145. The van der Waals surface area contributed by atoms with Crippen molar-refractivity contribution in [2.45, 2.75) is 20.0 Å². The van der Waals surface area contributed by atoms with E-state index in [0.717, 1.165) is 5.69 Å². The van der Waals surface area contributed by atoms with Crippen molar-refractivity contribution >= 4 is 17.7 Å².